The van der Waals surface area contributed by atoms with E-state index in [0.717, 1.165) is 16.5 Å². The van der Waals surface area contributed by atoms with Gasteiger partial charge in [-0.25, -0.2) is 4.79 Å². The predicted octanol–water partition coefficient (Wildman–Crippen LogP) is 5.36. The lowest BCUT2D eigenvalue weighted by Crippen LogP contribution is -2.50. The van der Waals surface area contributed by atoms with Gasteiger partial charge >= 0.3 is 6.09 Å². The van der Waals surface area contributed by atoms with Gasteiger partial charge in [0.25, 0.3) is 0 Å². The number of hydrogen-bond donors (Lipinski definition) is 1. The zero-order valence-corrected chi connectivity index (χ0v) is 19.3. The van der Waals surface area contributed by atoms with Gasteiger partial charge in [-0.1, -0.05) is 33.8 Å². The first-order valence-electron chi connectivity index (χ1n) is 10.7. The number of amides is 2. The van der Waals surface area contributed by atoms with E-state index < -0.39 is 17.7 Å². The summed E-state index contributed by atoms with van der Waals surface area (Å²) in [5.41, 5.74) is 1.23. The minimum Gasteiger partial charge on any atom is -0.464 e. The Morgan fingerprint density at radius 2 is 1.80 bits per heavy atom. The second-order valence-electron chi connectivity index (χ2n) is 9.73. The van der Waals surface area contributed by atoms with Crippen molar-refractivity contribution in [2.45, 2.75) is 73.1 Å². The summed E-state index contributed by atoms with van der Waals surface area (Å²) in [5.74, 6) is 0.459. The van der Waals surface area contributed by atoms with Gasteiger partial charge in [-0.2, -0.15) is 0 Å². The molecule has 0 fully saturated rings. The zero-order valence-electron chi connectivity index (χ0n) is 19.3. The highest BCUT2D eigenvalue weighted by Crippen LogP contribution is 2.20. The second-order valence-corrected chi connectivity index (χ2v) is 9.73. The predicted molar refractivity (Wildman–Crippen MR) is 119 cm³/mol. The van der Waals surface area contributed by atoms with Gasteiger partial charge < -0.3 is 19.4 Å². The molecule has 6 nitrogen and oxygen atoms in total. The summed E-state index contributed by atoms with van der Waals surface area (Å²) in [6.45, 7) is 14.7. The number of furan rings is 1. The van der Waals surface area contributed by atoms with E-state index in [9.17, 15) is 9.59 Å². The standard InChI is InChI=1S/C24H36N2O4/c1-16(2)12-20(25-23(28)30-24(5,6)7)22(27)26(14-17(3)4)15-18-8-9-21-19(13-18)10-11-29-21/h8-11,13,16-17,20H,12,14-15H2,1-7H3,(H,25,28)/t20-/m0/s1. The molecule has 1 atom stereocenters. The first-order chi connectivity index (χ1) is 13.9. The van der Waals surface area contributed by atoms with Crippen molar-refractivity contribution in [2.75, 3.05) is 6.54 Å². The normalized spacial score (nSPS) is 13.0. The highest BCUT2D eigenvalue weighted by Gasteiger charge is 2.29. The number of rotatable bonds is 8. The Kier molecular flexibility index (Phi) is 7.93. The molecule has 2 rings (SSSR count). The molecule has 6 heteroatoms. The average Bonchev–Trinajstić information content (AvgIpc) is 3.05. The van der Waals surface area contributed by atoms with Crippen LogP contribution in [-0.2, 0) is 16.1 Å². The van der Waals surface area contributed by atoms with Crippen molar-refractivity contribution in [3.8, 4) is 0 Å². The Hall–Kier alpha value is -2.50. The Labute approximate surface area is 179 Å². The van der Waals surface area contributed by atoms with E-state index in [4.69, 9.17) is 9.15 Å². The van der Waals surface area contributed by atoms with Crippen molar-refractivity contribution in [3.05, 3.63) is 36.1 Å². The van der Waals surface area contributed by atoms with Crippen molar-refractivity contribution in [2.24, 2.45) is 11.8 Å². The molecule has 1 aromatic carbocycles. The molecule has 0 aliphatic heterocycles. The highest BCUT2D eigenvalue weighted by atomic mass is 16.6. The van der Waals surface area contributed by atoms with E-state index in [0.29, 0.717) is 25.4 Å². The molecule has 30 heavy (non-hydrogen) atoms. The number of nitrogens with one attached hydrogen (secondary N) is 1. The number of carbonyl (C=O) groups is 2. The van der Waals surface area contributed by atoms with Crippen LogP contribution in [0.3, 0.4) is 0 Å². The van der Waals surface area contributed by atoms with Gasteiger partial charge in [-0.05, 0) is 62.8 Å². The Morgan fingerprint density at radius 1 is 1.10 bits per heavy atom. The van der Waals surface area contributed by atoms with Crippen LogP contribution < -0.4 is 5.32 Å². The Morgan fingerprint density at radius 3 is 2.40 bits per heavy atom. The summed E-state index contributed by atoms with van der Waals surface area (Å²) in [5, 5.41) is 3.81. The van der Waals surface area contributed by atoms with E-state index in [1.165, 1.54) is 0 Å². The first-order valence-corrected chi connectivity index (χ1v) is 10.7. The molecule has 0 aliphatic rings. The number of alkyl carbamates (subject to hydrolysis) is 1. The second kappa shape index (κ2) is 10.0. The van der Waals surface area contributed by atoms with Gasteiger partial charge in [-0.3, -0.25) is 4.79 Å². The molecule has 0 saturated carbocycles. The largest absolute Gasteiger partial charge is 0.464 e. The molecule has 1 aromatic heterocycles. The number of nitrogens with zero attached hydrogens (tertiary/aromatic N) is 1. The average molecular weight is 417 g/mol. The van der Waals surface area contributed by atoms with Crippen LogP contribution in [0.25, 0.3) is 11.0 Å². The van der Waals surface area contributed by atoms with E-state index in [1.54, 1.807) is 6.26 Å². The smallest absolute Gasteiger partial charge is 0.408 e. The Balaban J connectivity index is 2.21. The maximum Gasteiger partial charge on any atom is 0.408 e. The maximum atomic E-state index is 13.5. The number of fused-ring (bicyclic) bond motifs is 1. The maximum absolute atomic E-state index is 13.5. The molecule has 0 spiro atoms. The van der Waals surface area contributed by atoms with Gasteiger partial charge in [0, 0.05) is 18.5 Å². The van der Waals surface area contributed by atoms with E-state index in [-0.39, 0.29) is 11.8 Å². The number of hydrogen-bond acceptors (Lipinski definition) is 4. The van der Waals surface area contributed by atoms with Crippen LogP contribution in [0.1, 0.15) is 60.5 Å². The lowest BCUT2D eigenvalue weighted by Gasteiger charge is -2.31. The van der Waals surface area contributed by atoms with Crippen LogP contribution in [0.4, 0.5) is 4.79 Å². The van der Waals surface area contributed by atoms with E-state index >= 15 is 0 Å². The van der Waals surface area contributed by atoms with Gasteiger partial charge in [0.15, 0.2) is 0 Å². The summed E-state index contributed by atoms with van der Waals surface area (Å²) in [4.78, 5) is 27.7. The molecule has 2 aromatic rings. The van der Waals surface area contributed by atoms with Crippen LogP contribution in [0.2, 0.25) is 0 Å². The minimum atomic E-state index is -0.628. The summed E-state index contributed by atoms with van der Waals surface area (Å²) < 4.78 is 10.8. The lowest BCUT2D eigenvalue weighted by atomic mass is 10.0. The molecule has 1 heterocycles. The molecule has 0 saturated heterocycles. The molecule has 1 N–H and O–H groups in total. The topological polar surface area (TPSA) is 71.8 Å². The third-order valence-electron chi connectivity index (χ3n) is 4.48. The van der Waals surface area contributed by atoms with Crippen molar-refractivity contribution >= 4 is 23.0 Å². The third-order valence-corrected chi connectivity index (χ3v) is 4.48. The zero-order chi connectivity index (χ0) is 22.5. The minimum absolute atomic E-state index is 0.0875. The SMILES string of the molecule is CC(C)C[C@H](NC(=O)OC(C)(C)C)C(=O)N(Cc1ccc2occc2c1)CC(C)C. The fourth-order valence-corrected chi connectivity index (χ4v) is 3.37. The monoisotopic (exact) mass is 416 g/mol. The summed E-state index contributed by atoms with van der Waals surface area (Å²) in [7, 11) is 0. The number of carbonyl (C=O) groups excluding carboxylic acids is 2. The molecule has 2 amide bonds. The molecule has 0 aliphatic carbocycles. The highest BCUT2D eigenvalue weighted by molar-refractivity contribution is 5.86. The summed E-state index contributed by atoms with van der Waals surface area (Å²) >= 11 is 0. The quantitative estimate of drug-likeness (QED) is 0.629. The van der Waals surface area contributed by atoms with Crippen LogP contribution in [0.15, 0.2) is 34.9 Å². The molecule has 166 valence electrons. The molecular weight excluding hydrogens is 380 g/mol. The van der Waals surface area contributed by atoms with Crippen LogP contribution in [-0.4, -0.2) is 35.1 Å². The van der Waals surface area contributed by atoms with Gasteiger partial charge in [0.2, 0.25) is 5.91 Å². The molecule has 0 radical (unpaired) electrons. The fraction of sp³-hybridized carbons (Fsp3) is 0.583. The number of ether oxygens (including phenoxy) is 1. The fourth-order valence-electron chi connectivity index (χ4n) is 3.37. The Bertz CT molecular complexity index is 848. The van der Waals surface area contributed by atoms with E-state index in [2.05, 4.69) is 19.2 Å². The first kappa shape index (κ1) is 23.8. The van der Waals surface area contributed by atoms with Crippen LogP contribution >= 0.6 is 0 Å². The van der Waals surface area contributed by atoms with Gasteiger partial charge in [-0.15, -0.1) is 0 Å². The third kappa shape index (κ3) is 7.39. The van der Waals surface area contributed by atoms with Crippen molar-refractivity contribution in [3.63, 3.8) is 0 Å². The van der Waals surface area contributed by atoms with Crippen molar-refractivity contribution in [1.82, 2.24) is 10.2 Å². The molecule has 0 unspecified atom stereocenters. The van der Waals surface area contributed by atoms with Crippen LogP contribution in [0.5, 0.6) is 0 Å². The van der Waals surface area contributed by atoms with Crippen molar-refractivity contribution < 1.29 is 18.7 Å². The van der Waals surface area contributed by atoms with Crippen molar-refractivity contribution in [1.29, 1.82) is 0 Å². The van der Waals surface area contributed by atoms with E-state index in [1.807, 2.05) is 63.8 Å². The van der Waals surface area contributed by atoms with Crippen LogP contribution in [0, 0.1) is 11.8 Å². The summed E-state index contributed by atoms with van der Waals surface area (Å²) in [6, 6.07) is 7.23. The number of benzene rings is 1. The van der Waals surface area contributed by atoms with Gasteiger partial charge in [0.1, 0.15) is 17.2 Å². The van der Waals surface area contributed by atoms with Gasteiger partial charge in [0.05, 0.1) is 6.26 Å². The lowest BCUT2D eigenvalue weighted by molar-refractivity contribution is -0.135. The molecular formula is C24H36N2O4. The summed E-state index contributed by atoms with van der Waals surface area (Å²) in [6.07, 6.45) is 1.65. The molecule has 0 bridgehead atoms.